The van der Waals surface area contributed by atoms with Gasteiger partial charge in [-0.25, -0.2) is 0 Å². The number of rotatable bonds is 7. The zero-order chi connectivity index (χ0) is 26.8. The fourth-order valence-corrected chi connectivity index (χ4v) is 6.14. The highest BCUT2D eigenvalue weighted by Gasteiger charge is 2.41. The molecule has 1 aromatic heterocycles. The fraction of sp³-hybridized carbons (Fsp3) is 0.267. The minimum atomic E-state index is -0.427. The molecule has 0 spiro atoms. The van der Waals surface area contributed by atoms with E-state index in [1.165, 1.54) is 0 Å². The summed E-state index contributed by atoms with van der Waals surface area (Å²) in [5.74, 6) is 1.36. The normalized spacial score (nSPS) is 19.0. The van der Waals surface area contributed by atoms with Crippen molar-refractivity contribution < 1.29 is 23.8 Å². The number of carbonyl (C=O) groups excluding carboxylic acids is 2. The topological polar surface area (TPSA) is 85.9 Å². The molecule has 2 aliphatic rings. The Balaban J connectivity index is 1.48. The number of anilines is 1. The van der Waals surface area contributed by atoms with Gasteiger partial charge in [0.05, 0.1) is 27.2 Å². The Labute approximate surface area is 226 Å². The molecular weight excluding hydrogens is 500 g/mol. The van der Waals surface area contributed by atoms with Crippen LogP contribution in [0.15, 0.2) is 82.5 Å². The number of thiophene rings is 1. The van der Waals surface area contributed by atoms with Gasteiger partial charge in [-0.1, -0.05) is 12.1 Å². The summed E-state index contributed by atoms with van der Waals surface area (Å²) in [6.45, 7) is 1.90. The SMILES string of the molecule is COc1ccc(NC(=O)C2=C(C)NC3=C(C(=O)C[C@H](c4ccc(OC)c(OC)c4)C3)[C@@H]2c2cccs2)cc1. The predicted octanol–water partition coefficient (Wildman–Crippen LogP) is 5.77. The van der Waals surface area contributed by atoms with Crippen LogP contribution in [0.4, 0.5) is 5.69 Å². The second-order valence-corrected chi connectivity index (χ2v) is 10.3. The third kappa shape index (κ3) is 4.79. The van der Waals surface area contributed by atoms with Crippen LogP contribution in [0.5, 0.6) is 17.2 Å². The van der Waals surface area contributed by atoms with Gasteiger partial charge in [-0.15, -0.1) is 11.3 Å². The molecule has 0 saturated heterocycles. The molecule has 0 radical (unpaired) electrons. The van der Waals surface area contributed by atoms with Gasteiger partial charge in [-0.2, -0.15) is 0 Å². The number of amides is 1. The molecule has 0 saturated carbocycles. The first-order valence-electron chi connectivity index (χ1n) is 12.4. The molecule has 3 aromatic rings. The van der Waals surface area contributed by atoms with Crippen LogP contribution in [-0.4, -0.2) is 33.0 Å². The van der Waals surface area contributed by atoms with Crippen LogP contribution in [0.1, 0.15) is 42.0 Å². The van der Waals surface area contributed by atoms with Crippen molar-refractivity contribution in [3.63, 3.8) is 0 Å². The number of nitrogens with one attached hydrogen (secondary N) is 2. The van der Waals surface area contributed by atoms with Gasteiger partial charge in [0.15, 0.2) is 17.3 Å². The number of ether oxygens (including phenoxy) is 3. The maximum atomic E-state index is 13.8. The van der Waals surface area contributed by atoms with E-state index < -0.39 is 5.92 Å². The largest absolute Gasteiger partial charge is 0.497 e. The number of dihydropyridines is 1. The lowest BCUT2D eigenvalue weighted by atomic mass is 9.73. The second kappa shape index (κ2) is 10.8. The first kappa shape index (κ1) is 25.6. The van der Waals surface area contributed by atoms with Crippen molar-refractivity contribution in [1.82, 2.24) is 5.32 Å². The van der Waals surface area contributed by atoms with E-state index in [-0.39, 0.29) is 17.6 Å². The second-order valence-electron chi connectivity index (χ2n) is 9.33. The van der Waals surface area contributed by atoms with Crippen molar-refractivity contribution in [2.24, 2.45) is 0 Å². The summed E-state index contributed by atoms with van der Waals surface area (Å²) in [6.07, 6.45) is 1.01. The molecule has 2 heterocycles. The van der Waals surface area contributed by atoms with Crippen LogP contribution in [-0.2, 0) is 9.59 Å². The van der Waals surface area contributed by atoms with E-state index in [2.05, 4.69) is 10.6 Å². The van der Waals surface area contributed by atoms with E-state index in [0.29, 0.717) is 46.9 Å². The van der Waals surface area contributed by atoms with Crippen LogP contribution in [0.3, 0.4) is 0 Å². The highest BCUT2D eigenvalue weighted by molar-refractivity contribution is 7.10. The molecule has 0 fully saturated rings. The van der Waals surface area contributed by atoms with Gasteiger partial charge in [-0.3, -0.25) is 9.59 Å². The van der Waals surface area contributed by atoms with E-state index in [4.69, 9.17) is 14.2 Å². The molecular formula is C30H30N2O5S. The van der Waals surface area contributed by atoms with Gasteiger partial charge < -0.3 is 24.8 Å². The minimum absolute atomic E-state index is 0.0139. The summed E-state index contributed by atoms with van der Waals surface area (Å²) in [6, 6.07) is 16.9. The number of benzene rings is 2. The summed E-state index contributed by atoms with van der Waals surface area (Å²) < 4.78 is 16.1. The molecule has 1 amide bonds. The Hall–Kier alpha value is -4.04. The molecule has 1 aliphatic heterocycles. The van der Waals surface area contributed by atoms with Crippen LogP contribution >= 0.6 is 11.3 Å². The van der Waals surface area contributed by atoms with Crippen LogP contribution in [0.2, 0.25) is 0 Å². The summed E-state index contributed by atoms with van der Waals surface area (Å²) in [4.78, 5) is 28.4. The lowest BCUT2D eigenvalue weighted by Gasteiger charge is -2.36. The standard InChI is InChI=1S/C30H30N2O5S/c1-17-27(30(34)32-20-8-10-21(35-2)11-9-20)29(26-6-5-13-38-26)28-22(31-17)14-19(15-23(28)33)18-7-12-24(36-3)25(16-18)37-4/h5-13,16,19,29,31H,14-15H2,1-4H3,(H,32,34)/t19-,29-/m1/s1. The maximum absolute atomic E-state index is 13.8. The first-order valence-corrected chi connectivity index (χ1v) is 13.3. The maximum Gasteiger partial charge on any atom is 0.254 e. The Morgan fingerprint density at radius 1 is 0.974 bits per heavy atom. The number of carbonyl (C=O) groups is 2. The zero-order valence-corrected chi connectivity index (χ0v) is 22.6. The molecule has 1 aliphatic carbocycles. The Morgan fingerprint density at radius 2 is 1.74 bits per heavy atom. The Morgan fingerprint density at radius 3 is 2.39 bits per heavy atom. The lowest BCUT2D eigenvalue weighted by molar-refractivity contribution is -0.116. The fourth-order valence-electron chi connectivity index (χ4n) is 5.30. The zero-order valence-electron chi connectivity index (χ0n) is 21.8. The van der Waals surface area contributed by atoms with Gasteiger partial charge in [0.2, 0.25) is 0 Å². The molecule has 196 valence electrons. The van der Waals surface area contributed by atoms with Crippen molar-refractivity contribution in [1.29, 1.82) is 0 Å². The number of hydrogen-bond donors (Lipinski definition) is 2. The molecule has 2 atom stereocenters. The van der Waals surface area contributed by atoms with Gasteiger partial charge in [0, 0.05) is 39.5 Å². The van der Waals surface area contributed by atoms with E-state index in [1.54, 1.807) is 56.9 Å². The molecule has 8 heteroatoms. The van der Waals surface area contributed by atoms with Crippen molar-refractivity contribution in [2.45, 2.75) is 31.6 Å². The van der Waals surface area contributed by atoms with Crippen molar-refractivity contribution in [3.05, 3.63) is 93.0 Å². The van der Waals surface area contributed by atoms with Gasteiger partial charge in [-0.05, 0) is 72.7 Å². The van der Waals surface area contributed by atoms with Crippen LogP contribution in [0, 0.1) is 0 Å². The van der Waals surface area contributed by atoms with Crippen molar-refractivity contribution >= 4 is 28.7 Å². The summed E-state index contributed by atoms with van der Waals surface area (Å²) in [5.41, 5.74) is 4.52. The highest BCUT2D eigenvalue weighted by atomic mass is 32.1. The van der Waals surface area contributed by atoms with E-state index in [0.717, 1.165) is 21.8 Å². The molecule has 2 N–H and O–H groups in total. The van der Waals surface area contributed by atoms with E-state index in [9.17, 15) is 9.59 Å². The quantitative estimate of drug-likeness (QED) is 0.403. The van der Waals surface area contributed by atoms with Crippen molar-refractivity contribution in [3.8, 4) is 17.2 Å². The summed E-state index contributed by atoms with van der Waals surface area (Å²) in [7, 11) is 4.81. The van der Waals surface area contributed by atoms with E-state index in [1.807, 2.05) is 42.6 Å². The molecule has 2 aromatic carbocycles. The monoisotopic (exact) mass is 530 g/mol. The van der Waals surface area contributed by atoms with E-state index >= 15 is 0 Å². The van der Waals surface area contributed by atoms with Crippen LogP contribution in [0.25, 0.3) is 0 Å². The van der Waals surface area contributed by atoms with Gasteiger partial charge >= 0.3 is 0 Å². The molecule has 5 rings (SSSR count). The minimum Gasteiger partial charge on any atom is -0.497 e. The van der Waals surface area contributed by atoms with Crippen molar-refractivity contribution in [2.75, 3.05) is 26.6 Å². The van der Waals surface area contributed by atoms with Crippen LogP contribution < -0.4 is 24.8 Å². The average molecular weight is 531 g/mol. The molecule has 7 nitrogen and oxygen atoms in total. The molecule has 0 bridgehead atoms. The number of Topliss-reactive ketones (excluding diaryl/α,β-unsaturated/α-hetero) is 1. The highest BCUT2D eigenvalue weighted by Crippen LogP contribution is 2.47. The third-order valence-corrected chi connectivity index (χ3v) is 8.06. The number of hydrogen-bond acceptors (Lipinski definition) is 7. The Kier molecular flexibility index (Phi) is 7.24. The Bertz CT molecular complexity index is 1420. The molecule has 0 unspecified atom stereocenters. The van der Waals surface area contributed by atoms with Gasteiger partial charge in [0.1, 0.15) is 5.75 Å². The first-order chi connectivity index (χ1) is 18.4. The molecule has 38 heavy (non-hydrogen) atoms. The smallest absolute Gasteiger partial charge is 0.254 e. The lowest BCUT2D eigenvalue weighted by Crippen LogP contribution is -2.36. The van der Waals surface area contributed by atoms with Gasteiger partial charge in [0.25, 0.3) is 5.91 Å². The number of allylic oxidation sites excluding steroid dienone is 3. The predicted molar refractivity (Wildman–Crippen MR) is 148 cm³/mol. The summed E-state index contributed by atoms with van der Waals surface area (Å²) >= 11 is 1.55. The number of ketones is 1. The summed E-state index contributed by atoms with van der Waals surface area (Å²) in [5, 5.41) is 8.42. The average Bonchev–Trinajstić information content (AvgIpc) is 3.47. The third-order valence-electron chi connectivity index (χ3n) is 7.13. The number of methoxy groups -OCH3 is 3.